The summed E-state index contributed by atoms with van der Waals surface area (Å²) >= 11 is 0. The third-order valence-corrected chi connectivity index (χ3v) is 4.91. The second kappa shape index (κ2) is 8.67. The number of fused-ring (bicyclic) bond motifs is 1. The van der Waals surface area contributed by atoms with E-state index in [9.17, 15) is 19.5 Å². The zero-order valence-corrected chi connectivity index (χ0v) is 16.5. The Morgan fingerprint density at radius 2 is 1.48 bits per heavy atom. The van der Waals surface area contributed by atoms with Gasteiger partial charge in [-0.05, 0) is 29.3 Å². The SMILES string of the molecule is O=C([O-])CN1C(=O)/C(=C\c2ccccc2OCc2ccccc2)c2ccccc2C1=O. The Morgan fingerprint density at radius 1 is 0.839 bits per heavy atom. The summed E-state index contributed by atoms with van der Waals surface area (Å²) in [5.74, 6) is -2.29. The molecule has 0 atom stereocenters. The Bertz CT molecular complexity index is 1180. The van der Waals surface area contributed by atoms with Gasteiger partial charge in [0.15, 0.2) is 0 Å². The first-order valence-electron chi connectivity index (χ1n) is 9.67. The van der Waals surface area contributed by atoms with Gasteiger partial charge in [0.05, 0.1) is 12.5 Å². The van der Waals surface area contributed by atoms with E-state index in [4.69, 9.17) is 4.74 Å². The number of rotatable bonds is 6. The Morgan fingerprint density at radius 3 is 2.23 bits per heavy atom. The minimum absolute atomic E-state index is 0.215. The van der Waals surface area contributed by atoms with E-state index < -0.39 is 24.3 Å². The number of aliphatic carboxylic acids is 1. The zero-order chi connectivity index (χ0) is 21.8. The van der Waals surface area contributed by atoms with Gasteiger partial charge in [0.25, 0.3) is 11.8 Å². The Hall–Kier alpha value is -4.19. The van der Waals surface area contributed by atoms with Crippen LogP contribution in [0.1, 0.15) is 27.0 Å². The van der Waals surface area contributed by atoms with Gasteiger partial charge in [-0.3, -0.25) is 14.5 Å². The highest BCUT2D eigenvalue weighted by Gasteiger charge is 2.34. The van der Waals surface area contributed by atoms with E-state index >= 15 is 0 Å². The number of carbonyl (C=O) groups is 3. The van der Waals surface area contributed by atoms with Gasteiger partial charge in [-0.25, -0.2) is 0 Å². The van der Waals surface area contributed by atoms with Gasteiger partial charge in [0.1, 0.15) is 12.4 Å². The third kappa shape index (κ3) is 4.23. The number of ether oxygens (including phenoxy) is 1. The van der Waals surface area contributed by atoms with Crippen molar-refractivity contribution < 1.29 is 24.2 Å². The maximum absolute atomic E-state index is 13.0. The highest BCUT2D eigenvalue weighted by atomic mass is 16.5. The molecule has 0 aliphatic carbocycles. The van der Waals surface area contributed by atoms with E-state index in [1.165, 1.54) is 0 Å². The molecular formula is C25H18NO5-. The lowest BCUT2D eigenvalue weighted by Crippen LogP contribution is -2.47. The van der Waals surface area contributed by atoms with Crippen LogP contribution in [0, 0.1) is 0 Å². The molecule has 0 fully saturated rings. The maximum Gasteiger partial charge on any atom is 0.261 e. The molecule has 0 spiro atoms. The molecule has 0 saturated carbocycles. The van der Waals surface area contributed by atoms with Crippen molar-refractivity contribution >= 4 is 29.4 Å². The Balaban J connectivity index is 1.73. The largest absolute Gasteiger partial charge is 0.548 e. The first-order valence-corrected chi connectivity index (χ1v) is 9.67. The van der Waals surface area contributed by atoms with Crippen LogP contribution in [-0.4, -0.2) is 29.2 Å². The number of hydrogen-bond acceptors (Lipinski definition) is 5. The molecular weight excluding hydrogens is 394 g/mol. The van der Waals surface area contributed by atoms with Crippen molar-refractivity contribution in [1.29, 1.82) is 0 Å². The van der Waals surface area contributed by atoms with Crippen LogP contribution in [-0.2, 0) is 16.2 Å². The molecule has 0 unspecified atom stereocenters. The van der Waals surface area contributed by atoms with Crippen molar-refractivity contribution in [2.24, 2.45) is 0 Å². The minimum atomic E-state index is -1.51. The van der Waals surface area contributed by atoms with Gasteiger partial charge in [-0.2, -0.15) is 0 Å². The number of carboxylic acid groups (broad SMARTS) is 1. The first kappa shape index (κ1) is 20.1. The molecule has 31 heavy (non-hydrogen) atoms. The predicted molar refractivity (Wildman–Crippen MR) is 113 cm³/mol. The number of nitrogens with zero attached hydrogens (tertiary/aromatic N) is 1. The molecule has 3 aromatic carbocycles. The summed E-state index contributed by atoms with van der Waals surface area (Å²) < 4.78 is 5.96. The van der Waals surface area contributed by atoms with Crippen molar-refractivity contribution in [3.8, 4) is 5.75 Å². The van der Waals surface area contributed by atoms with Crippen molar-refractivity contribution in [2.45, 2.75) is 6.61 Å². The average molecular weight is 412 g/mol. The fourth-order valence-corrected chi connectivity index (χ4v) is 3.44. The number of amides is 2. The number of hydrogen-bond donors (Lipinski definition) is 0. The lowest BCUT2D eigenvalue weighted by Gasteiger charge is -2.29. The summed E-state index contributed by atoms with van der Waals surface area (Å²) in [6.07, 6.45) is 1.62. The normalized spacial score (nSPS) is 14.5. The smallest absolute Gasteiger partial charge is 0.261 e. The molecule has 0 aromatic heterocycles. The summed E-state index contributed by atoms with van der Waals surface area (Å²) in [5, 5.41) is 11.1. The molecule has 0 saturated heterocycles. The molecule has 1 heterocycles. The highest BCUT2D eigenvalue weighted by molar-refractivity contribution is 6.34. The van der Waals surface area contributed by atoms with Gasteiger partial charge >= 0.3 is 0 Å². The summed E-state index contributed by atoms with van der Waals surface area (Å²) in [6.45, 7) is -0.462. The fourth-order valence-electron chi connectivity index (χ4n) is 3.44. The molecule has 0 N–H and O–H groups in total. The summed E-state index contributed by atoms with van der Waals surface area (Å²) in [5.41, 5.74) is 2.56. The quantitative estimate of drug-likeness (QED) is 0.459. The van der Waals surface area contributed by atoms with Crippen LogP contribution in [0.15, 0.2) is 78.9 Å². The van der Waals surface area contributed by atoms with Crippen molar-refractivity contribution in [1.82, 2.24) is 4.90 Å². The van der Waals surface area contributed by atoms with Gasteiger partial charge in [0, 0.05) is 16.7 Å². The van der Waals surface area contributed by atoms with Crippen LogP contribution in [0.25, 0.3) is 11.6 Å². The molecule has 4 rings (SSSR count). The van der Waals surface area contributed by atoms with Gasteiger partial charge in [0.2, 0.25) is 0 Å². The van der Waals surface area contributed by atoms with E-state index in [0.29, 0.717) is 28.4 Å². The molecule has 6 heteroatoms. The molecule has 1 aliphatic rings. The summed E-state index contributed by atoms with van der Waals surface area (Å²) in [4.78, 5) is 37.5. The lowest BCUT2D eigenvalue weighted by atomic mass is 9.92. The molecule has 6 nitrogen and oxygen atoms in total. The van der Waals surface area contributed by atoms with Crippen LogP contribution >= 0.6 is 0 Å². The molecule has 0 bridgehead atoms. The minimum Gasteiger partial charge on any atom is -0.548 e. The number of carbonyl (C=O) groups excluding carboxylic acids is 3. The van der Waals surface area contributed by atoms with Crippen molar-refractivity contribution in [3.05, 3.63) is 101 Å². The second-order valence-corrected chi connectivity index (χ2v) is 6.98. The van der Waals surface area contributed by atoms with E-state index in [-0.39, 0.29) is 11.1 Å². The second-order valence-electron chi connectivity index (χ2n) is 6.98. The maximum atomic E-state index is 13.0. The monoisotopic (exact) mass is 412 g/mol. The molecule has 154 valence electrons. The molecule has 3 aromatic rings. The third-order valence-electron chi connectivity index (χ3n) is 4.91. The zero-order valence-electron chi connectivity index (χ0n) is 16.5. The first-order chi connectivity index (χ1) is 15.0. The van der Waals surface area contributed by atoms with Crippen molar-refractivity contribution in [3.63, 3.8) is 0 Å². The van der Waals surface area contributed by atoms with Crippen LogP contribution in [0.5, 0.6) is 5.75 Å². The van der Waals surface area contributed by atoms with E-state index in [0.717, 1.165) is 5.56 Å². The summed E-state index contributed by atoms with van der Waals surface area (Å²) in [6, 6.07) is 23.5. The topological polar surface area (TPSA) is 86.7 Å². The van der Waals surface area contributed by atoms with Crippen LogP contribution < -0.4 is 9.84 Å². The molecule has 2 amide bonds. The van der Waals surface area contributed by atoms with Crippen molar-refractivity contribution in [2.75, 3.05) is 6.54 Å². The number of imide groups is 1. The Kier molecular flexibility index (Phi) is 5.62. The summed E-state index contributed by atoms with van der Waals surface area (Å²) in [7, 11) is 0. The average Bonchev–Trinajstić information content (AvgIpc) is 2.79. The van der Waals surface area contributed by atoms with E-state index in [2.05, 4.69) is 0 Å². The number of carboxylic acids is 1. The number of para-hydroxylation sites is 1. The van der Waals surface area contributed by atoms with E-state index in [1.807, 2.05) is 42.5 Å². The van der Waals surface area contributed by atoms with Crippen LogP contribution in [0.2, 0.25) is 0 Å². The Labute approximate surface area is 179 Å². The van der Waals surface area contributed by atoms with Crippen LogP contribution in [0.4, 0.5) is 0 Å². The molecule has 1 aliphatic heterocycles. The van der Waals surface area contributed by atoms with Gasteiger partial charge in [-0.1, -0.05) is 66.7 Å². The lowest BCUT2D eigenvalue weighted by molar-refractivity contribution is -0.305. The van der Waals surface area contributed by atoms with E-state index in [1.54, 1.807) is 42.5 Å². The van der Waals surface area contributed by atoms with Gasteiger partial charge in [-0.15, -0.1) is 0 Å². The standard InChI is InChI=1S/C25H19NO5/c27-23(28)15-26-24(29)20-12-6-5-11-19(20)21(25(26)30)14-18-10-4-7-13-22(18)31-16-17-8-2-1-3-9-17/h1-14H,15-16H2,(H,27,28)/p-1/b21-14-. The predicted octanol–water partition coefficient (Wildman–Crippen LogP) is 2.54. The van der Waals surface area contributed by atoms with Crippen LogP contribution in [0.3, 0.4) is 0 Å². The number of benzene rings is 3. The molecule has 0 radical (unpaired) electrons. The van der Waals surface area contributed by atoms with Gasteiger partial charge < -0.3 is 14.6 Å². The fraction of sp³-hybridized carbons (Fsp3) is 0.0800. The highest BCUT2D eigenvalue weighted by Crippen LogP contribution is 2.32.